The summed E-state index contributed by atoms with van der Waals surface area (Å²) >= 11 is 0. The minimum Gasteiger partial charge on any atom is -0.368 e. The van der Waals surface area contributed by atoms with Crippen molar-refractivity contribution >= 4 is 9.05 Å². The molecular formula is C4H10O4Si. The van der Waals surface area contributed by atoms with Gasteiger partial charge in [-0.15, -0.1) is 0 Å². The molecule has 0 aliphatic carbocycles. The Labute approximate surface area is 54.5 Å². The highest BCUT2D eigenvalue weighted by Gasteiger charge is 2.29. The maximum absolute atomic E-state index is 8.25. The van der Waals surface area contributed by atoms with Crippen molar-refractivity contribution < 1.29 is 18.8 Å². The number of hydrogen-bond acceptors (Lipinski definition) is 4. The van der Waals surface area contributed by atoms with E-state index in [0.717, 1.165) is 0 Å². The Bertz CT molecular complexity index is 106. The van der Waals surface area contributed by atoms with E-state index in [2.05, 4.69) is 11.0 Å². The van der Waals surface area contributed by atoms with E-state index in [4.69, 9.17) is 14.4 Å². The first-order chi connectivity index (χ1) is 3.92. The maximum atomic E-state index is 8.25. The summed E-state index contributed by atoms with van der Waals surface area (Å²) in [6, 6.07) is 0. The summed E-state index contributed by atoms with van der Waals surface area (Å²) in [4.78, 5) is 24.8. The highest BCUT2D eigenvalue weighted by molar-refractivity contribution is 6.48. The molecule has 0 amide bonds. The van der Waals surface area contributed by atoms with Gasteiger partial charge in [-0.3, -0.25) is 0 Å². The molecule has 0 bridgehead atoms. The Morgan fingerprint density at radius 1 is 1.56 bits per heavy atom. The summed E-state index contributed by atoms with van der Waals surface area (Å²) in [6.07, 6.45) is 0. The molecule has 0 aromatic rings. The minimum atomic E-state index is -4.28. The fourth-order valence-electron chi connectivity index (χ4n) is 0.220. The fraction of sp³-hybridized carbons (Fsp3) is 0.500. The van der Waals surface area contributed by atoms with Crippen molar-refractivity contribution in [2.45, 2.75) is 6.92 Å². The largest absolute Gasteiger partial charge is 0.671 e. The van der Waals surface area contributed by atoms with E-state index in [9.17, 15) is 0 Å². The van der Waals surface area contributed by atoms with Crippen molar-refractivity contribution in [1.82, 2.24) is 0 Å². The highest BCUT2D eigenvalue weighted by atomic mass is 28.4. The molecule has 0 aliphatic heterocycles. The van der Waals surface area contributed by atoms with Crippen LogP contribution in [-0.4, -0.2) is 30.0 Å². The lowest BCUT2D eigenvalue weighted by atomic mass is 10.4. The van der Waals surface area contributed by atoms with Crippen LogP contribution in [0.5, 0.6) is 0 Å². The molecule has 0 atom stereocenters. The second kappa shape index (κ2) is 3.09. The van der Waals surface area contributed by atoms with Crippen LogP contribution in [-0.2, 0) is 4.43 Å². The van der Waals surface area contributed by atoms with Crippen LogP contribution in [0.25, 0.3) is 0 Å². The van der Waals surface area contributed by atoms with Gasteiger partial charge in [-0.2, -0.15) is 0 Å². The van der Waals surface area contributed by atoms with Crippen LogP contribution >= 0.6 is 0 Å². The van der Waals surface area contributed by atoms with Gasteiger partial charge < -0.3 is 18.8 Å². The third-order valence-corrected chi connectivity index (χ3v) is 1.04. The molecule has 3 N–H and O–H groups in total. The molecule has 0 aromatic heterocycles. The Balaban J connectivity index is 3.39. The van der Waals surface area contributed by atoms with Crippen molar-refractivity contribution in [2.75, 3.05) is 6.61 Å². The van der Waals surface area contributed by atoms with Gasteiger partial charge in [-0.05, 0) is 6.92 Å². The lowest BCUT2D eigenvalue weighted by Gasteiger charge is -2.08. The lowest BCUT2D eigenvalue weighted by Crippen LogP contribution is -2.39. The molecule has 0 aromatic carbocycles. The van der Waals surface area contributed by atoms with Gasteiger partial charge in [0, 0.05) is 0 Å². The van der Waals surface area contributed by atoms with Crippen molar-refractivity contribution in [3.63, 3.8) is 0 Å². The van der Waals surface area contributed by atoms with Crippen LogP contribution in [0.15, 0.2) is 12.2 Å². The molecule has 0 saturated heterocycles. The van der Waals surface area contributed by atoms with Crippen molar-refractivity contribution in [3.05, 3.63) is 12.2 Å². The van der Waals surface area contributed by atoms with Gasteiger partial charge >= 0.3 is 9.05 Å². The topological polar surface area (TPSA) is 69.9 Å². The first-order valence-corrected chi connectivity index (χ1v) is 4.12. The summed E-state index contributed by atoms with van der Waals surface area (Å²) in [5, 5.41) is 0. The van der Waals surface area contributed by atoms with Crippen LogP contribution in [0.1, 0.15) is 6.92 Å². The van der Waals surface area contributed by atoms with Crippen LogP contribution in [0.4, 0.5) is 0 Å². The Morgan fingerprint density at radius 3 is 2.11 bits per heavy atom. The van der Waals surface area contributed by atoms with E-state index in [-0.39, 0.29) is 6.61 Å². The standard InChI is InChI=1S/C4H10O4Si/c1-4(2)3-8-9(5,6)7/h5-7H,1,3H2,2H3. The van der Waals surface area contributed by atoms with Gasteiger partial charge in [-0.1, -0.05) is 12.2 Å². The second-order valence-electron chi connectivity index (χ2n) is 1.82. The zero-order chi connectivity index (χ0) is 7.49. The van der Waals surface area contributed by atoms with E-state index in [0.29, 0.717) is 5.57 Å². The molecule has 0 fully saturated rings. The van der Waals surface area contributed by atoms with Gasteiger partial charge in [0.25, 0.3) is 0 Å². The number of hydrogen-bond donors (Lipinski definition) is 3. The third kappa shape index (κ3) is 7.80. The molecule has 9 heavy (non-hydrogen) atoms. The van der Waals surface area contributed by atoms with Crippen molar-refractivity contribution in [3.8, 4) is 0 Å². The van der Waals surface area contributed by atoms with Gasteiger partial charge in [0.1, 0.15) is 0 Å². The van der Waals surface area contributed by atoms with Crippen LogP contribution < -0.4 is 0 Å². The monoisotopic (exact) mass is 150 g/mol. The summed E-state index contributed by atoms with van der Waals surface area (Å²) in [5.74, 6) is 0. The first kappa shape index (κ1) is 8.80. The minimum absolute atomic E-state index is 0.0181. The summed E-state index contributed by atoms with van der Waals surface area (Å²) in [6.45, 7) is 5.06. The average molecular weight is 150 g/mol. The fourth-order valence-corrected chi connectivity index (χ4v) is 0.660. The Morgan fingerprint density at radius 2 is 2.00 bits per heavy atom. The Kier molecular flexibility index (Phi) is 3.02. The summed E-state index contributed by atoms with van der Waals surface area (Å²) in [5.41, 5.74) is 0.629. The molecule has 0 unspecified atom stereocenters. The van der Waals surface area contributed by atoms with Crippen molar-refractivity contribution in [1.29, 1.82) is 0 Å². The first-order valence-electron chi connectivity index (χ1n) is 2.37. The van der Waals surface area contributed by atoms with Gasteiger partial charge in [0.2, 0.25) is 0 Å². The zero-order valence-corrected chi connectivity index (χ0v) is 6.16. The van der Waals surface area contributed by atoms with E-state index < -0.39 is 9.05 Å². The Hall–Kier alpha value is -0.203. The van der Waals surface area contributed by atoms with Gasteiger partial charge in [0.05, 0.1) is 6.61 Å². The molecular weight excluding hydrogens is 140 g/mol. The predicted octanol–water partition coefficient (Wildman–Crippen LogP) is -1.01. The number of rotatable bonds is 3. The molecule has 0 spiro atoms. The van der Waals surface area contributed by atoms with E-state index in [1.807, 2.05) is 0 Å². The quantitative estimate of drug-likeness (QED) is 0.356. The highest BCUT2D eigenvalue weighted by Crippen LogP contribution is 1.93. The van der Waals surface area contributed by atoms with Crippen molar-refractivity contribution in [2.24, 2.45) is 0 Å². The van der Waals surface area contributed by atoms with Gasteiger partial charge in [-0.25, -0.2) is 0 Å². The smallest absolute Gasteiger partial charge is 0.368 e. The molecule has 0 aliphatic rings. The maximum Gasteiger partial charge on any atom is 0.671 e. The van der Waals surface area contributed by atoms with Crippen LogP contribution in [0.3, 0.4) is 0 Å². The second-order valence-corrected chi connectivity index (χ2v) is 3.26. The normalized spacial score (nSPS) is 11.6. The van der Waals surface area contributed by atoms with E-state index in [1.165, 1.54) is 0 Å². The average Bonchev–Trinajstić information content (AvgIpc) is 1.59. The molecule has 0 heterocycles. The molecule has 0 radical (unpaired) electrons. The summed E-state index contributed by atoms with van der Waals surface area (Å²) < 4.78 is 4.20. The molecule has 0 rings (SSSR count). The zero-order valence-electron chi connectivity index (χ0n) is 5.16. The van der Waals surface area contributed by atoms with Gasteiger partial charge in [0.15, 0.2) is 0 Å². The van der Waals surface area contributed by atoms with E-state index in [1.54, 1.807) is 6.92 Å². The molecule has 4 nitrogen and oxygen atoms in total. The molecule has 54 valence electrons. The predicted molar refractivity (Wildman–Crippen MR) is 33.2 cm³/mol. The third-order valence-electron chi connectivity index (χ3n) is 0.512. The van der Waals surface area contributed by atoms with Crippen LogP contribution in [0, 0.1) is 0 Å². The van der Waals surface area contributed by atoms with E-state index >= 15 is 0 Å². The summed E-state index contributed by atoms with van der Waals surface area (Å²) in [7, 11) is -4.28. The molecule has 5 heteroatoms. The van der Waals surface area contributed by atoms with Crippen LogP contribution in [0.2, 0.25) is 0 Å². The SMILES string of the molecule is C=C(C)CO[Si](O)(O)O. The lowest BCUT2D eigenvalue weighted by molar-refractivity contribution is 0.0722. The molecule has 0 saturated carbocycles.